The van der Waals surface area contributed by atoms with Gasteiger partial charge in [0.25, 0.3) is 5.91 Å². The third-order valence-electron chi connectivity index (χ3n) is 4.95. The summed E-state index contributed by atoms with van der Waals surface area (Å²) in [5.74, 6) is 1.60. The second-order valence-corrected chi connectivity index (χ2v) is 7.31. The fourth-order valence-corrected chi connectivity index (χ4v) is 3.36. The van der Waals surface area contributed by atoms with Crippen LogP contribution in [0.25, 0.3) is 11.0 Å². The number of rotatable bonds is 4. The fraction of sp³-hybridized carbons (Fsp3) is 0.350. The molecule has 138 valence electrons. The van der Waals surface area contributed by atoms with Gasteiger partial charge in [0.2, 0.25) is 6.79 Å². The Morgan fingerprint density at radius 2 is 2.04 bits per heavy atom. The monoisotopic (exact) mass is 364 g/mol. The van der Waals surface area contributed by atoms with Crippen molar-refractivity contribution in [3.05, 3.63) is 41.7 Å². The van der Waals surface area contributed by atoms with Crippen molar-refractivity contribution < 1.29 is 14.3 Å². The van der Waals surface area contributed by atoms with Gasteiger partial charge in [0.15, 0.2) is 17.1 Å². The molecule has 1 amide bonds. The number of carbonyl (C=O) groups is 1. The van der Waals surface area contributed by atoms with Gasteiger partial charge in [0.1, 0.15) is 0 Å². The molecular formula is C20H20N4O3. The third-order valence-corrected chi connectivity index (χ3v) is 4.95. The largest absolute Gasteiger partial charge is 0.454 e. The highest BCUT2D eigenvalue weighted by molar-refractivity contribution is 6.12. The van der Waals surface area contributed by atoms with Crippen molar-refractivity contribution in [2.45, 2.75) is 38.6 Å². The van der Waals surface area contributed by atoms with Gasteiger partial charge in [0, 0.05) is 29.4 Å². The maximum absolute atomic E-state index is 13.1. The van der Waals surface area contributed by atoms with Crippen LogP contribution in [0.3, 0.4) is 0 Å². The number of pyridine rings is 1. The van der Waals surface area contributed by atoms with E-state index in [1.165, 1.54) is 0 Å². The molecular weight excluding hydrogens is 344 g/mol. The Morgan fingerprint density at radius 3 is 2.81 bits per heavy atom. The minimum absolute atomic E-state index is 0.175. The summed E-state index contributed by atoms with van der Waals surface area (Å²) in [4.78, 5) is 17.9. The first-order valence-electron chi connectivity index (χ1n) is 9.19. The quantitative estimate of drug-likeness (QED) is 0.760. The van der Waals surface area contributed by atoms with Crippen LogP contribution in [0.1, 0.15) is 54.7 Å². The molecule has 3 aromatic rings. The van der Waals surface area contributed by atoms with Crippen molar-refractivity contribution in [1.82, 2.24) is 14.8 Å². The highest BCUT2D eigenvalue weighted by atomic mass is 16.7. The summed E-state index contributed by atoms with van der Waals surface area (Å²) in [6.07, 6.45) is 3.97. The highest BCUT2D eigenvalue weighted by Crippen LogP contribution is 2.40. The standard InChI is InChI=1S/C20H20N4O3/c1-11(2)24-19-15(9-21-24)14(8-16(23-19)12-3-4-12)20(25)22-13-5-6-17-18(7-13)27-10-26-17/h5-9,11-12H,3-4,10H2,1-2H3,(H,22,25). The van der Waals surface area contributed by atoms with Crippen LogP contribution in [0, 0.1) is 0 Å². The van der Waals surface area contributed by atoms with Crippen molar-refractivity contribution in [3.8, 4) is 11.5 Å². The molecule has 1 aliphatic carbocycles. The van der Waals surface area contributed by atoms with E-state index in [0.717, 1.165) is 29.6 Å². The summed E-state index contributed by atoms with van der Waals surface area (Å²) < 4.78 is 12.6. The molecule has 1 saturated carbocycles. The first kappa shape index (κ1) is 16.1. The molecule has 0 bridgehead atoms. The Balaban J connectivity index is 1.54. The summed E-state index contributed by atoms with van der Waals surface area (Å²) in [7, 11) is 0. The number of benzene rings is 1. The van der Waals surface area contributed by atoms with Gasteiger partial charge >= 0.3 is 0 Å². The van der Waals surface area contributed by atoms with Crippen molar-refractivity contribution in [2.75, 3.05) is 12.1 Å². The van der Waals surface area contributed by atoms with E-state index in [2.05, 4.69) is 24.3 Å². The Labute approximate surface area is 156 Å². The minimum atomic E-state index is -0.175. The molecule has 2 aliphatic rings. The first-order chi connectivity index (χ1) is 13.1. The van der Waals surface area contributed by atoms with E-state index in [9.17, 15) is 4.79 Å². The number of nitrogens with one attached hydrogen (secondary N) is 1. The maximum atomic E-state index is 13.1. The molecule has 1 fully saturated rings. The Kier molecular flexibility index (Phi) is 3.56. The zero-order valence-corrected chi connectivity index (χ0v) is 15.2. The third kappa shape index (κ3) is 2.79. The van der Waals surface area contributed by atoms with Gasteiger partial charge in [-0.3, -0.25) is 4.79 Å². The topological polar surface area (TPSA) is 78.3 Å². The number of anilines is 1. The van der Waals surface area contributed by atoms with E-state index in [4.69, 9.17) is 14.5 Å². The molecule has 7 heteroatoms. The number of fused-ring (bicyclic) bond motifs is 2. The average molecular weight is 364 g/mol. The lowest BCUT2D eigenvalue weighted by Crippen LogP contribution is -2.14. The predicted octanol–water partition coefficient (Wildman–Crippen LogP) is 3.87. The lowest BCUT2D eigenvalue weighted by Gasteiger charge is -2.11. The zero-order chi connectivity index (χ0) is 18.5. The van der Waals surface area contributed by atoms with Gasteiger partial charge in [-0.1, -0.05) is 0 Å². The number of nitrogens with zero attached hydrogens (tertiary/aromatic N) is 3. The van der Waals surface area contributed by atoms with Crippen LogP contribution in [-0.4, -0.2) is 27.5 Å². The summed E-state index contributed by atoms with van der Waals surface area (Å²) in [5.41, 5.74) is 3.01. The molecule has 0 radical (unpaired) electrons. The summed E-state index contributed by atoms with van der Waals surface area (Å²) >= 11 is 0. The molecule has 1 aliphatic heterocycles. The maximum Gasteiger partial charge on any atom is 0.256 e. The predicted molar refractivity (Wildman–Crippen MR) is 100 cm³/mol. The molecule has 3 heterocycles. The summed E-state index contributed by atoms with van der Waals surface area (Å²) in [5, 5.41) is 8.19. The second-order valence-electron chi connectivity index (χ2n) is 7.31. The number of amides is 1. The smallest absolute Gasteiger partial charge is 0.256 e. The van der Waals surface area contributed by atoms with Crippen LogP contribution in [-0.2, 0) is 0 Å². The Morgan fingerprint density at radius 1 is 1.22 bits per heavy atom. The molecule has 0 atom stereocenters. The molecule has 27 heavy (non-hydrogen) atoms. The van der Waals surface area contributed by atoms with Crippen molar-refractivity contribution in [3.63, 3.8) is 0 Å². The van der Waals surface area contributed by atoms with Crippen LogP contribution in [0.15, 0.2) is 30.5 Å². The SMILES string of the molecule is CC(C)n1ncc2c(C(=O)Nc3ccc4c(c3)OCO4)cc(C3CC3)nc21. The summed E-state index contributed by atoms with van der Waals surface area (Å²) in [6, 6.07) is 7.47. The van der Waals surface area contributed by atoms with Crippen LogP contribution in [0.5, 0.6) is 11.5 Å². The highest BCUT2D eigenvalue weighted by Gasteiger charge is 2.28. The molecule has 2 aromatic heterocycles. The van der Waals surface area contributed by atoms with Crippen LogP contribution in [0.2, 0.25) is 0 Å². The van der Waals surface area contributed by atoms with Gasteiger partial charge < -0.3 is 14.8 Å². The average Bonchev–Trinajstić information content (AvgIpc) is 3.24. The first-order valence-corrected chi connectivity index (χ1v) is 9.19. The number of aromatic nitrogens is 3. The zero-order valence-electron chi connectivity index (χ0n) is 15.2. The van der Waals surface area contributed by atoms with Crippen molar-refractivity contribution in [1.29, 1.82) is 0 Å². The second kappa shape index (κ2) is 5.97. The van der Waals surface area contributed by atoms with Gasteiger partial charge in [-0.15, -0.1) is 0 Å². The van der Waals surface area contributed by atoms with Crippen LogP contribution in [0.4, 0.5) is 5.69 Å². The van der Waals surface area contributed by atoms with Gasteiger partial charge in [-0.25, -0.2) is 9.67 Å². The molecule has 1 aromatic carbocycles. The minimum Gasteiger partial charge on any atom is -0.454 e. The van der Waals surface area contributed by atoms with E-state index in [1.807, 2.05) is 16.8 Å². The number of ether oxygens (including phenoxy) is 2. The molecule has 0 unspecified atom stereocenters. The van der Waals surface area contributed by atoms with E-state index in [-0.39, 0.29) is 18.7 Å². The Hall–Kier alpha value is -3.09. The lowest BCUT2D eigenvalue weighted by atomic mass is 10.1. The van der Waals surface area contributed by atoms with Gasteiger partial charge in [-0.05, 0) is 44.9 Å². The van der Waals surface area contributed by atoms with Crippen LogP contribution < -0.4 is 14.8 Å². The van der Waals surface area contributed by atoms with E-state index < -0.39 is 0 Å². The van der Waals surface area contributed by atoms with E-state index >= 15 is 0 Å². The van der Waals surface area contributed by atoms with Gasteiger partial charge in [0.05, 0.1) is 17.1 Å². The molecule has 5 rings (SSSR count). The van der Waals surface area contributed by atoms with E-state index in [1.54, 1.807) is 18.3 Å². The van der Waals surface area contributed by atoms with Crippen molar-refractivity contribution >= 4 is 22.6 Å². The Bertz CT molecular complexity index is 1050. The normalized spacial score (nSPS) is 15.5. The number of hydrogen-bond donors (Lipinski definition) is 1. The van der Waals surface area contributed by atoms with Crippen LogP contribution >= 0.6 is 0 Å². The lowest BCUT2D eigenvalue weighted by molar-refractivity contribution is 0.102. The van der Waals surface area contributed by atoms with Crippen molar-refractivity contribution in [2.24, 2.45) is 0 Å². The van der Waals surface area contributed by atoms with Gasteiger partial charge in [-0.2, -0.15) is 5.10 Å². The molecule has 1 N–H and O–H groups in total. The molecule has 0 spiro atoms. The number of carbonyl (C=O) groups excluding carboxylic acids is 1. The molecule has 7 nitrogen and oxygen atoms in total. The molecule has 0 saturated heterocycles. The fourth-order valence-electron chi connectivity index (χ4n) is 3.36. The number of hydrogen-bond acceptors (Lipinski definition) is 5. The summed E-state index contributed by atoms with van der Waals surface area (Å²) in [6.45, 7) is 4.32. The van der Waals surface area contributed by atoms with E-state index in [0.29, 0.717) is 28.7 Å².